The summed E-state index contributed by atoms with van der Waals surface area (Å²) in [5.74, 6) is -1.20. The Hall–Kier alpha value is -4.26. The third-order valence-electron chi connectivity index (χ3n) is 5.82. The molecule has 0 bridgehead atoms. The van der Waals surface area contributed by atoms with Crippen LogP contribution < -0.4 is 10.6 Å². The largest absolute Gasteiger partial charge is 0.326 e. The summed E-state index contributed by atoms with van der Waals surface area (Å²) >= 11 is 0. The fourth-order valence-electron chi connectivity index (χ4n) is 3.91. The summed E-state index contributed by atoms with van der Waals surface area (Å²) < 4.78 is 0. The highest BCUT2D eigenvalue weighted by molar-refractivity contribution is 6.13. The van der Waals surface area contributed by atoms with Gasteiger partial charge in [0.15, 0.2) is 11.3 Å². The lowest BCUT2D eigenvalue weighted by Crippen LogP contribution is -2.45. The molecule has 7 nitrogen and oxygen atoms in total. The number of hydrogen-bond acceptors (Lipinski definition) is 4. The molecule has 0 radical (unpaired) electrons. The second-order valence-corrected chi connectivity index (χ2v) is 8.45. The van der Waals surface area contributed by atoms with Gasteiger partial charge in [-0.15, -0.1) is 0 Å². The highest BCUT2D eigenvalue weighted by Crippen LogP contribution is 2.36. The van der Waals surface area contributed by atoms with Gasteiger partial charge in [0.05, 0.1) is 6.54 Å². The van der Waals surface area contributed by atoms with Crippen LogP contribution in [0.1, 0.15) is 35.3 Å². The van der Waals surface area contributed by atoms with E-state index in [0.29, 0.717) is 22.4 Å². The number of nitrogens with one attached hydrogen (secondary N) is 2. The molecule has 3 aromatic carbocycles. The van der Waals surface area contributed by atoms with Crippen LogP contribution in [0, 0.1) is 5.92 Å². The van der Waals surface area contributed by atoms with Gasteiger partial charge in [-0.2, -0.15) is 0 Å². The molecule has 0 aromatic heterocycles. The molecular formula is C27H25N3O4. The number of nitrogens with zero attached hydrogens (tertiary/aromatic N) is 1. The monoisotopic (exact) mass is 455 g/mol. The lowest BCUT2D eigenvalue weighted by molar-refractivity contribution is -0.130. The Kier molecular flexibility index (Phi) is 6.27. The van der Waals surface area contributed by atoms with Crippen LogP contribution in [0.5, 0.6) is 0 Å². The van der Waals surface area contributed by atoms with E-state index in [1.165, 1.54) is 0 Å². The van der Waals surface area contributed by atoms with Gasteiger partial charge in [-0.25, -0.2) is 4.79 Å². The van der Waals surface area contributed by atoms with Crippen molar-refractivity contribution in [2.24, 2.45) is 5.92 Å². The number of imide groups is 1. The number of ketones is 1. The highest BCUT2D eigenvalue weighted by atomic mass is 16.2. The minimum atomic E-state index is -1.41. The van der Waals surface area contributed by atoms with Crippen LogP contribution >= 0.6 is 0 Å². The average Bonchev–Trinajstić information content (AvgIpc) is 3.11. The molecule has 0 unspecified atom stereocenters. The molecule has 1 aliphatic rings. The summed E-state index contributed by atoms with van der Waals surface area (Å²) in [5, 5.41) is 5.60. The number of amides is 4. The Bertz CT molecular complexity index is 1180. The van der Waals surface area contributed by atoms with Crippen LogP contribution in [0.2, 0.25) is 0 Å². The Morgan fingerprint density at radius 3 is 1.88 bits per heavy atom. The lowest BCUT2D eigenvalue weighted by Gasteiger charge is -2.28. The van der Waals surface area contributed by atoms with Crippen molar-refractivity contribution in [3.63, 3.8) is 0 Å². The first kappa shape index (κ1) is 22.9. The molecular weight excluding hydrogens is 430 g/mol. The minimum Gasteiger partial charge on any atom is -0.326 e. The SMILES string of the molecule is CC(C)C(=O)Nc1ccc(C(=O)CN2C(=O)NC(c3ccccc3)(c3ccccc3)C2=O)cc1. The summed E-state index contributed by atoms with van der Waals surface area (Å²) in [4.78, 5) is 52.4. The molecule has 1 aliphatic heterocycles. The van der Waals surface area contributed by atoms with Crippen molar-refractivity contribution in [3.05, 3.63) is 102 Å². The molecule has 34 heavy (non-hydrogen) atoms. The quantitative estimate of drug-likeness (QED) is 0.416. The molecule has 4 rings (SSSR count). The van der Waals surface area contributed by atoms with Crippen molar-refractivity contribution < 1.29 is 19.2 Å². The summed E-state index contributed by atoms with van der Waals surface area (Å²) in [7, 11) is 0. The zero-order chi connectivity index (χ0) is 24.3. The van der Waals surface area contributed by atoms with Crippen molar-refractivity contribution >= 4 is 29.3 Å². The smallest absolute Gasteiger partial charge is 0.325 e. The fraction of sp³-hybridized carbons (Fsp3) is 0.185. The fourth-order valence-corrected chi connectivity index (χ4v) is 3.91. The van der Waals surface area contributed by atoms with Gasteiger partial charge in [0.1, 0.15) is 0 Å². The first-order chi connectivity index (χ1) is 16.3. The minimum absolute atomic E-state index is 0.128. The molecule has 0 atom stereocenters. The highest BCUT2D eigenvalue weighted by Gasteiger charge is 2.54. The number of anilines is 1. The normalized spacial score (nSPS) is 14.7. The summed E-state index contributed by atoms with van der Waals surface area (Å²) in [6.45, 7) is 3.18. The van der Waals surface area contributed by atoms with E-state index in [1.807, 2.05) is 12.1 Å². The second kappa shape index (κ2) is 9.31. The Morgan fingerprint density at radius 1 is 0.853 bits per heavy atom. The van der Waals surface area contributed by atoms with E-state index >= 15 is 0 Å². The predicted molar refractivity (Wildman–Crippen MR) is 128 cm³/mol. The molecule has 1 heterocycles. The third-order valence-corrected chi connectivity index (χ3v) is 5.82. The lowest BCUT2D eigenvalue weighted by atomic mass is 9.82. The first-order valence-electron chi connectivity index (χ1n) is 11.0. The van der Waals surface area contributed by atoms with Crippen molar-refractivity contribution in [2.45, 2.75) is 19.4 Å². The van der Waals surface area contributed by atoms with Crippen LogP contribution in [0.4, 0.5) is 10.5 Å². The molecule has 0 saturated carbocycles. The predicted octanol–water partition coefficient (Wildman–Crippen LogP) is 3.96. The number of carbonyl (C=O) groups is 4. The van der Waals surface area contributed by atoms with E-state index in [9.17, 15) is 19.2 Å². The van der Waals surface area contributed by atoms with Gasteiger partial charge in [-0.3, -0.25) is 19.3 Å². The van der Waals surface area contributed by atoms with Crippen LogP contribution in [-0.2, 0) is 15.1 Å². The van der Waals surface area contributed by atoms with Crippen LogP contribution in [-0.4, -0.2) is 35.1 Å². The molecule has 2 N–H and O–H groups in total. The molecule has 4 amide bonds. The zero-order valence-electron chi connectivity index (χ0n) is 18.9. The molecule has 0 spiro atoms. The number of hydrogen-bond donors (Lipinski definition) is 2. The molecule has 3 aromatic rings. The molecule has 1 fully saturated rings. The number of benzene rings is 3. The molecule has 172 valence electrons. The van der Waals surface area contributed by atoms with Crippen molar-refractivity contribution in [1.82, 2.24) is 10.2 Å². The second-order valence-electron chi connectivity index (χ2n) is 8.45. The van der Waals surface area contributed by atoms with Crippen molar-refractivity contribution in [3.8, 4) is 0 Å². The standard InChI is InChI=1S/C27H25N3O4/c1-18(2)24(32)28-22-15-13-19(14-16-22)23(31)17-30-25(33)27(29-26(30)34,20-9-5-3-6-10-20)21-11-7-4-8-12-21/h3-16,18H,17H2,1-2H3,(H,28,32)(H,29,34). The van der Waals surface area contributed by atoms with E-state index in [-0.39, 0.29) is 17.6 Å². The molecule has 7 heteroatoms. The number of rotatable bonds is 7. The summed E-state index contributed by atoms with van der Waals surface area (Å²) in [6, 6.07) is 23.7. The van der Waals surface area contributed by atoms with E-state index < -0.39 is 24.0 Å². The van der Waals surface area contributed by atoms with Gasteiger partial charge in [0, 0.05) is 17.2 Å². The summed E-state index contributed by atoms with van der Waals surface area (Å²) in [6.07, 6.45) is 0. The van der Waals surface area contributed by atoms with Crippen molar-refractivity contribution in [2.75, 3.05) is 11.9 Å². The summed E-state index contributed by atoms with van der Waals surface area (Å²) in [5.41, 5.74) is 0.710. The first-order valence-corrected chi connectivity index (χ1v) is 11.0. The van der Waals surface area contributed by atoms with Crippen molar-refractivity contribution in [1.29, 1.82) is 0 Å². The van der Waals surface area contributed by atoms with Gasteiger partial charge in [0.2, 0.25) is 5.91 Å². The van der Waals surface area contributed by atoms with Crippen LogP contribution in [0.25, 0.3) is 0 Å². The van der Waals surface area contributed by atoms with Crippen LogP contribution in [0.3, 0.4) is 0 Å². The van der Waals surface area contributed by atoms with Crippen LogP contribution in [0.15, 0.2) is 84.9 Å². The maximum atomic E-state index is 13.7. The molecule has 0 aliphatic carbocycles. The van der Waals surface area contributed by atoms with E-state index in [1.54, 1.807) is 86.6 Å². The van der Waals surface area contributed by atoms with Gasteiger partial charge in [-0.1, -0.05) is 74.5 Å². The maximum absolute atomic E-state index is 13.7. The average molecular weight is 456 g/mol. The van der Waals surface area contributed by atoms with E-state index in [4.69, 9.17) is 0 Å². The number of urea groups is 1. The number of Topliss-reactive ketones (excluding diaryl/α,β-unsaturated/α-hetero) is 1. The Labute approximate surface area is 197 Å². The topological polar surface area (TPSA) is 95.6 Å². The van der Waals surface area contributed by atoms with Gasteiger partial charge in [0.25, 0.3) is 5.91 Å². The van der Waals surface area contributed by atoms with Gasteiger partial charge >= 0.3 is 6.03 Å². The number of carbonyl (C=O) groups excluding carboxylic acids is 4. The molecule has 1 saturated heterocycles. The van der Waals surface area contributed by atoms with Gasteiger partial charge in [-0.05, 0) is 35.4 Å². The van der Waals surface area contributed by atoms with Gasteiger partial charge < -0.3 is 10.6 Å². The maximum Gasteiger partial charge on any atom is 0.325 e. The third kappa shape index (κ3) is 4.20. The Morgan fingerprint density at radius 2 is 1.38 bits per heavy atom. The van der Waals surface area contributed by atoms with E-state index in [0.717, 1.165) is 4.90 Å². The Balaban J connectivity index is 1.59. The zero-order valence-corrected chi connectivity index (χ0v) is 18.9. The van der Waals surface area contributed by atoms with E-state index in [2.05, 4.69) is 10.6 Å².